The lowest BCUT2D eigenvalue weighted by Gasteiger charge is -2.33. The molecule has 0 bridgehead atoms. The maximum Gasteiger partial charge on any atom is 0.263 e. The Bertz CT molecular complexity index is 826. The molecule has 0 saturated heterocycles. The fourth-order valence-corrected chi connectivity index (χ4v) is 4.10. The van der Waals surface area contributed by atoms with Crippen molar-refractivity contribution >= 4 is 35.0 Å². The Balaban J connectivity index is 1.89. The summed E-state index contributed by atoms with van der Waals surface area (Å²) in [6.07, 6.45) is 0.499. The van der Waals surface area contributed by atoms with Crippen LogP contribution in [0.2, 0.25) is 0 Å². The SMILES string of the molecule is COc1ccc(CC2Sc3cc(N)ccc3N(CC(=O)NO)C2=O)cc1. The van der Waals surface area contributed by atoms with E-state index in [1.807, 2.05) is 24.3 Å². The predicted molar refractivity (Wildman–Crippen MR) is 99.5 cm³/mol. The molecule has 1 heterocycles. The van der Waals surface area contributed by atoms with Crippen LogP contribution in [0.3, 0.4) is 0 Å². The van der Waals surface area contributed by atoms with Crippen molar-refractivity contribution < 1.29 is 19.5 Å². The Morgan fingerprint density at radius 2 is 2.04 bits per heavy atom. The molecular formula is C18H19N3O4S. The topological polar surface area (TPSA) is 105 Å². The van der Waals surface area contributed by atoms with Gasteiger partial charge in [0.25, 0.3) is 5.91 Å². The minimum Gasteiger partial charge on any atom is -0.497 e. The average molecular weight is 373 g/mol. The minimum absolute atomic E-state index is 0.188. The van der Waals surface area contributed by atoms with E-state index in [9.17, 15) is 9.59 Å². The molecule has 0 radical (unpaired) electrons. The summed E-state index contributed by atoms with van der Waals surface area (Å²) in [5.74, 6) is -0.0985. The van der Waals surface area contributed by atoms with E-state index in [-0.39, 0.29) is 12.5 Å². The zero-order chi connectivity index (χ0) is 18.7. The van der Waals surface area contributed by atoms with E-state index < -0.39 is 11.2 Å². The lowest BCUT2D eigenvalue weighted by molar-refractivity contribution is -0.129. The first kappa shape index (κ1) is 18.1. The first-order chi connectivity index (χ1) is 12.5. The number of nitrogens with two attached hydrogens (primary N) is 1. The molecule has 2 amide bonds. The molecule has 1 unspecified atom stereocenters. The zero-order valence-electron chi connectivity index (χ0n) is 14.1. The Morgan fingerprint density at radius 1 is 1.31 bits per heavy atom. The summed E-state index contributed by atoms with van der Waals surface area (Å²) in [5, 5.41) is 8.42. The second-order valence-electron chi connectivity index (χ2n) is 5.85. The fourth-order valence-electron chi connectivity index (χ4n) is 2.79. The number of amides is 2. The van der Waals surface area contributed by atoms with Crippen LogP contribution < -0.4 is 20.9 Å². The van der Waals surface area contributed by atoms with Crippen LogP contribution in [0.25, 0.3) is 0 Å². The van der Waals surface area contributed by atoms with Crippen LogP contribution >= 0.6 is 11.8 Å². The van der Waals surface area contributed by atoms with E-state index >= 15 is 0 Å². The van der Waals surface area contributed by atoms with E-state index in [0.717, 1.165) is 16.2 Å². The van der Waals surface area contributed by atoms with Gasteiger partial charge in [-0.3, -0.25) is 14.8 Å². The van der Waals surface area contributed by atoms with Crippen molar-refractivity contribution in [2.24, 2.45) is 0 Å². The molecule has 26 heavy (non-hydrogen) atoms. The number of carbonyl (C=O) groups is 2. The third kappa shape index (κ3) is 3.76. The van der Waals surface area contributed by atoms with Crippen LogP contribution in [-0.2, 0) is 16.0 Å². The maximum atomic E-state index is 12.9. The standard InChI is InChI=1S/C18H19N3O4S/c1-25-13-5-2-11(3-6-13)8-16-18(23)21(10-17(22)20-24)14-7-4-12(19)9-15(14)26-16/h2-7,9,16,24H,8,10,19H2,1H3,(H,20,22). The first-order valence-corrected chi connectivity index (χ1v) is 8.83. The molecule has 0 spiro atoms. The summed E-state index contributed by atoms with van der Waals surface area (Å²) in [5.41, 5.74) is 9.62. The van der Waals surface area contributed by atoms with Crippen LogP contribution in [0, 0.1) is 0 Å². The summed E-state index contributed by atoms with van der Waals surface area (Å²) < 4.78 is 5.15. The Hall–Kier alpha value is -2.71. The van der Waals surface area contributed by atoms with Gasteiger partial charge in [-0.05, 0) is 42.3 Å². The van der Waals surface area contributed by atoms with E-state index in [0.29, 0.717) is 17.8 Å². The lowest BCUT2D eigenvalue weighted by Crippen LogP contribution is -2.46. The predicted octanol–water partition coefficient (Wildman–Crippen LogP) is 1.83. The van der Waals surface area contributed by atoms with Crippen LogP contribution in [0.15, 0.2) is 47.4 Å². The highest BCUT2D eigenvalue weighted by Gasteiger charge is 2.34. The molecule has 7 nitrogen and oxygen atoms in total. The summed E-state index contributed by atoms with van der Waals surface area (Å²) >= 11 is 1.43. The Labute approximate surface area is 155 Å². The third-order valence-corrected chi connectivity index (χ3v) is 5.33. The van der Waals surface area contributed by atoms with Gasteiger partial charge in [-0.2, -0.15) is 0 Å². The molecule has 0 saturated carbocycles. The third-order valence-electron chi connectivity index (χ3n) is 4.09. The number of carbonyl (C=O) groups excluding carboxylic acids is 2. The number of methoxy groups -OCH3 is 1. The van der Waals surface area contributed by atoms with E-state index in [1.54, 1.807) is 30.8 Å². The van der Waals surface area contributed by atoms with Gasteiger partial charge < -0.3 is 15.4 Å². The molecule has 8 heteroatoms. The normalized spacial score (nSPS) is 16.2. The van der Waals surface area contributed by atoms with E-state index in [4.69, 9.17) is 15.7 Å². The highest BCUT2D eigenvalue weighted by atomic mass is 32.2. The number of thioether (sulfide) groups is 1. The van der Waals surface area contributed by atoms with Crippen molar-refractivity contribution in [3.8, 4) is 5.75 Å². The molecular weight excluding hydrogens is 354 g/mol. The number of benzene rings is 2. The van der Waals surface area contributed by atoms with Crippen LogP contribution in [-0.4, -0.2) is 35.9 Å². The summed E-state index contributed by atoms with van der Waals surface area (Å²) in [7, 11) is 1.60. The van der Waals surface area contributed by atoms with E-state index in [2.05, 4.69) is 0 Å². The van der Waals surface area contributed by atoms with Gasteiger partial charge in [0.15, 0.2) is 0 Å². The molecule has 0 fully saturated rings. The first-order valence-electron chi connectivity index (χ1n) is 7.95. The molecule has 0 aliphatic carbocycles. The van der Waals surface area contributed by atoms with Crippen LogP contribution in [0.4, 0.5) is 11.4 Å². The van der Waals surface area contributed by atoms with Crippen molar-refractivity contribution in [3.05, 3.63) is 48.0 Å². The van der Waals surface area contributed by atoms with Crippen molar-refractivity contribution in [3.63, 3.8) is 0 Å². The molecule has 1 aliphatic heterocycles. The number of nitrogen functional groups attached to an aromatic ring is 1. The number of nitrogens with zero attached hydrogens (tertiary/aromatic N) is 1. The Morgan fingerprint density at radius 3 is 2.69 bits per heavy atom. The van der Waals surface area contributed by atoms with Gasteiger partial charge in [0.05, 0.1) is 18.0 Å². The molecule has 2 aromatic carbocycles. The van der Waals surface area contributed by atoms with Gasteiger partial charge in [-0.1, -0.05) is 12.1 Å². The van der Waals surface area contributed by atoms with Gasteiger partial charge in [-0.15, -0.1) is 11.8 Å². The molecule has 136 valence electrons. The van der Waals surface area contributed by atoms with Gasteiger partial charge in [-0.25, -0.2) is 5.48 Å². The number of hydroxylamine groups is 1. The van der Waals surface area contributed by atoms with Crippen molar-refractivity contribution in [2.75, 3.05) is 24.3 Å². The number of nitrogens with one attached hydrogen (secondary N) is 1. The summed E-state index contributed by atoms with van der Waals surface area (Å²) in [4.78, 5) is 26.8. The highest BCUT2D eigenvalue weighted by Crippen LogP contribution is 2.41. The number of hydrogen-bond donors (Lipinski definition) is 3. The number of ether oxygens (including phenoxy) is 1. The zero-order valence-corrected chi connectivity index (χ0v) is 15.0. The number of fused-ring (bicyclic) bond motifs is 1. The molecule has 0 aromatic heterocycles. The van der Waals surface area contributed by atoms with Gasteiger partial charge in [0.1, 0.15) is 12.3 Å². The van der Waals surface area contributed by atoms with Crippen molar-refractivity contribution in [1.82, 2.24) is 5.48 Å². The highest BCUT2D eigenvalue weighted by molar-refractivity contribution is 8.01. The van der Waals surface area contributed by atoms with Gasteiger partial charge in [0, 0.05) is 10.6 Å². The quantitative estimate of drug-likeness (QED) is 0.420. The molecule has 1 aliphatic rings. The fraction of sp³-hybridized carbons (Fsp3) is 0.222. The second kappa shape index (κ2) is 7.67. The summed E-state index contributed by atoms with van der Waals surface area (Å²) in [6.45, 7) is -0.258. The van der Waals surface area contributed by atoms with Crippen molar-refractivity contribution in [1.29, 1.82) is 0 Å². The van der Waals surface area contributed by atoms with Crippen LogP contribution in [0.1, 0.15) is 5.56 Å². The maximum absolute atomic E-state index is 12.9. The van der Waals surface area contributed by atoms with Gasteiger partial charge >= 0.3 is 0 Å². The lowest BCUT2D eigenvalue weighted by atomic mass is 10.1. The van der Waals surface area contributed by atoms with Crippen LogP contribution in [0.5, 0.6) is 5.75 Å². The largest absolute Gasteiger partial charge is 0.497 e. The number of rotatable bonds is 5. The van der Waals surface area contributed by atoms with Crippen molar-refractivity contribution in [2.45, 2.75) is 16.6 Å². The average Bonchev–Trinajstić information content (AvgIpc) is 2.65. The molecule has 4 N–H and O–H groups in total. The number of anilines is 2. The smallest absolute Gasteiger partial charge is 0.263 e. The molecule has 1 atom stereocenters. The minimum atomic E-state index is -0.656. The van der Waals surface area contributed by atoms with Gasteiger partial charge in [0.2, 0.25) is 5.91 Å². The van der Waals surface area contributed by atoms with E-state index in [1.165, 1.54) is 16.7 Å². The molecule has 2 aromatic rings. The molecule has 3 rings (SSSR count). The number of hydrogen-bond acceptors (Lipinski definition) is 6. The monoisotopic (exact) mass is 373 g/mol. The summed E-state index contributed by atoms with van der Waals surface area (Å²) in [6, 6.07) is 12.7. The second-order valence-corrected chi connectivity index (χ2v) is 7.09. The Kier molecular flexibility index (Phi) is 5.34.